The van der Waals surface area contributed by atoms with E-state index in [4.69, 9.17) is 18.9 Å². The number of ether oxygens (including phenoxy) is 4. The second-order valence-corrected chi connectivity index (χ2v) is 7.49. The van der Waals surface area contributed by atoms with Crippen LogP contribution in [0.3, 0.4) is 0 Å². The Hall–Kier alpha value is -3.15. The fraction of sp³-hybridized carbons (Fsp3) is 0.476. The van der Waals surface area contributed by atoms with Gasteiger partial charge in [-0.25, -0.2) is 15.0 Å². The normalized spacial score (nSPS) is 21.5. The predicted octanol–water partition coefficient (Wildman–Crippen LogP) is 1.67. The van der Waals surface area contributed by atoms with Crippen LogP contribution in [-0.2, 0) is 4.74 Å². The summed E-state index contributed by atoms with van der Waals surface area (Å²) in [6.45, 7) is 1.73. The number of hydrogen-bond donors (Lipinski definition) is 3. The van der Waals surface area contributed by atoms with E-state index in [-0.39, 0.29) is 12.6 Å². The van der Waals surface area contributed by atoms with Crippen molar-refractivity contribution < 1.29 is 29.2 Å². The molecule has 3 N–H and O–H groups in total. The molecule has 1 aliphatic rings. The standard InChI is InChI=1S/C21H27N5O6/c1-11(12-5-14(29-2)19(31-4)15(6-12)30-3)25-20-18-21(23-9-22-20)26(10-24-18)17-7-13(28)16(8-27)32-17/h5-6,9-11,13,16-17,27-28H,7-8H2,1-4H3,(H,22,23,25). The Balaban J connectivity index is 1.62. The average Bonchev–Trinajstić information content (AvgIpc) is 3.41. The summed E-state index contributed by atoms with van der Waals surface area (Å²) in [5.41, 5.74) is 2.03. The molecule has 0 radical (unpaired) electrons. The molecule has 172 valence electrons. The van der Waals surface area contributed by atoms with Gasteiger partial charge in [-0.2, -0.15) is 0 Å². The smallest absolute Gasteiger partial charge is 0.203 e. The summed E-state index contributed by atoms with van der Waals surface area (Å²) in [4.78, 5) is 13.2. The number of rotatable bonds is 8. The largest absolute Gasteiger partial charge is 0.493 e. The lowest BCUT2D eigenvalue weighted by Gasteiger charge is -2.19. The second kappa shape index (κ2) is 9.15. The van der Waals surface area contributed by atoms with Gasteiger partial charge in [0.1, 0.15) is 18.7 Å². The topological polar surface area (TPSA) is 133 Å². The minimum absolute atomic E-state index is 0.171. The van der Waals surface area contributed by atoms with E-state index in [2.05, 4.69) is 20.3 Å². The van der Waals surface area contributed by atoms with Crippen molar-refractivity contribution in [3.63, 3.8) is 0 Å². The van der Waals surface area contributed by atoms with Crippen molar-refractivity contribution in [2.24, 2.45) is 0 Å². The predicted molar refractivity (Wildman–Crippen MR) is 115 cm³/mol. The highest BCUT2D eigenvalue weighted by Gasteiger charge is 2.35. The van der Waals surface area contributed by atoms with Gasteiger partial charge >= 0.3 is 0 Å². The lowest BCUT2D eigenvalue weighted by atomic mass is 10.1. The number of aliphatic hydroxyl groups is 2. The quantitative estimate of drug-likeness (QED) is 0.470. The first-order valence-corrected chi connectivity index (χ1v) is 10.2. The zero-order valence-electron chi connectivity index (χ0n) is 18.3. The maximum Gasteiger partial charge on any atom is 0.203 e. The molecule has 0 aliphatic carbocycles. The average molecular weight is 445 g/mol. The van der Waals surface area contributed by atoms with Gasteiger partial charge < -0.3 is 34.5 Å². The maximum absolute atomic E-state index is 10.1. The summed E-state index contributed by atoms with van der Waals surface area (Å²) in [5.74, 6) is 2.19. The third-order valence-corrected chi connectivity index (χ3v) is 5.59. The van der Waals surface area contributed by atoms with Crippen LogP contribution in [-0.4, -0.2) is 69.9 Å². The summed E-state index contributed by atoms with van der Waals surface area (Å²) < 4.78 is 23.8. The molecule has 4 rings (SSSR count). The van der Waals surface area contributed by atoms with Crippen molar-refractivity contribution in [1.29, 1.82) is 0 Å². The number of imidazole rings is 1. The molecule has 1 aromatic carbocycles. The van der Waals surface area contributed by atoms with E-state index in [1.807, 2.05) is 19.1 Å². The van der Waals surface area contributed by atoms with E-state index in [0.29, 0.717) is 40.7 Å². The van der Waals surface area contributed by atoms with Crippen molar-refractivity contribution >= 4 is 17.0 Å². The van der Waals surface area contributed by atoms with E-state index in [9.17, 15) is 10.2 Å². The number of aromatic nitrogens is 4. The van der Waals surface area contributed by atoms with Crippen molar-refractivity contribution in [3.05, 3.63) is 30.4 Å². The molecule has 1 aliphatic heterocycles. The summed E-state index contributed by atoms with van der Waals surface area (Å²) in [7, 11) is 4.71. The van der Waals surface area contributed by atoms with Gasteiger partial charge in [0, 0.05) is 6.42 Å². The number of hydrogen-bond acceptors (Lipinski definition) is 10. The fourth-order valence-electron chi connectivity index (χ4n) is 3.86. The minimum Gasteiger partial charge on any atom is -0.493 e. The van der Waals surface area contributed by atoms with E-state index in [1.54, 1.807) is 32.2 Å². The summed E-state index contributed by atoms with van der Waals surface area (Å²) in [6, 6.07) is 3.58. The van der Waals surface area contributed by atoms with Gasteiger partial charge in [-0.15, -0.1) is 0 Å². The highest BCUT2D eigenvalue weighted by atomic mass is 16.5. The van der Waals surface area contributed by atoms with Crippen LogP contribution in [0, 0.1) is 0 Å². The van der Waals surface area contributed by atoms with E-state index < -0.39 is 18.4 Å². The van der Waals surface area contributed by atoms with Crippen LogP contribution in [0.15, 0.2) is 24.8 Å². The lowest BCUT2D eigenvalue weighted by molar-refractivity contribution is -0.0432. The van der Waals surface area contributed by atoms with Gasteiger partial charge in [0.2, 0.25) is 5.75 Å². The number of aliphatic hydroxyl groups excluding tert-OH is 2. The van der Waals surface area contributed by atoms with Crippen molar-refractivity contribution in [2.75, 3.05) is 33.3 Å². The zero-order valence-corrected chi connectivity index (χ0v) is 18.3. The first-order chi connectivity index (χ1) is 15.5. The van der Waals surface area contributed by atoms with E-state index >= 15 is 0 Å². The monoisotopic (exact) mass is 445 g/mol. The number of anilines is 1. The Morgan fingerprint density at radius 3 is 2.47 bits per heavy atom. The number of nitrogens with zero attached hydrogens (tertiary/aromatic N) is 4. The van der Waals surface area contributed by atoms with Crippen LogP contribution in [0.2, 0.25) is 0 Å². The molecule has 3 heterocycles. The van der Waals surface area contributed by atoms with Gasteiger partial charge in [0.15, 0.2) is 28.5 Å². The molecule has 11 heteroatoms. The zero-order chi connectivity index (χ0) is 22.8. The van der Waals surface area contributed by atoms with Crippen LogP contribution < -0.4 is 19.5 Å². The lowest BCUT2D eigenvalue weighted by Crippen LogP contribution is -2.24. The summed E-state index contributed by atoms with van der Waals surface area (Å²) in [5, 5.41) is 22.8. The molecular formula is C21H27N5O6. The molecule has 11 nitrogen and oxygen atoms in total. The maximum atomic E-state index is 10.1. The molecule has 1 fully saturated rings. The van der Waals surface area contributed by atoms with Crippen LogP contribution in [0.25, 0.3) is 11.2 Å². The van der Waals surface area contributed by atoms with Gasteiger partial charge in [-0.3, -0.25) is 4.57 Å². The first kappa shape index (κ1) is 22.1. The van der Waals surface area contributed by atoms with E-state index in [1.165, 1.54) is 6.33 Å². The van der Waals surface area contributed by atoms with Gasteiger partial charge in [-0.05, 0) is 24.6 Å². The number of fused-ring (bicyclic) bond motifs is 1. The van der Waals surface area contributed by atoms with Crippen LogP contribution in [0.5, 0.6) is 17.2 Å². The molecule has 0 amide bonds. The first-order valence-electron chi connectivity index (χ1n) is 10.2. The van der Waals surface area contributed by atoms with Crippen molar-refractivity contribution in [1.82, 2.24) is 19.5 Å². The number of nitrogens with one attached hydrogen (secondary N) is 1. The third kappa shape index (κ3) is 3.90. The SMILES string of the molecule is COc1cc(C(C)Nc2ncnc3c2ncn3C2CC(O)C(CO)O2)cc(OC)c1OC. The molecule has 4 unspecified atom stereocenters. The van der Waals surface area contributed by atoms with Crippen LogP contribution in [0.1, 0.15) is 31.2 Å². The highest BCUT2D eigenvalue weighted by Crippen LogP contribution is 2.40. The Labute approximate surface area is 184 Å². The number of methoxy groups -OCH3 is 3. The van der Waals surface area contributed by atoms with Crippen LogP contribution >= 0.6 is 0 Å². The molecule has 0 bridgehead atoms. The molecule has 4 atom stereocenters. The van der Waals surface area contributed by atoms with Gasteiger partial charge in [0.25, 0.3) is 0 Å². The Kier molecular flexibility index (Phi) is 6.31. The molecule has 1 saturated heterocycles. The molecule has 0 saturated carbocycles. The second-order valence-electron chi connectivity index (χ2n) is 7.49. The Morgan fingerprint density at radius 2 is 1.88 bits per heavy atom. The van der Waals surface area contributed by atoms with Gasteiger partial charge in [-0.1, -0.05) is 0 Å². The summed E-state index contributed by atoms with van der Waals surface area (Å²) >= 11 is 0. The van der Waals surface area contributed by atoms with Crippen molar-refractivity contribution in [2.45, 2.75) is 37.8 Å². The minimum atomic E-state index is -0.748. The molecular weight excluding hydrogens is 418 g/mol. The highest BCUT2D eigenvalue weighted by molar-refractivity contribution is 5.83. The number of benzene rings is 1. The molecule has 32 heavy (non-hydrogen) atoms. The molecule has 0 spiro atoms. The Morgan fingerprint density at radius 1 is 1.16 bits per heavy atom. The van der Waals surface area contributed by atoms with Crippen molar-refractivity contribution in [3.8, 4) is 17.2 Å². The molecule has 2 aromatic heterocycles. The fourth-order valence-corrected chi connectivity index (χ4v) is 3.86. The summed E-state index contributed by atoms with van der Waals surface area (Å²) in [6.07, 6.45) is 1.54. The van der Waals surface area contributed by atoms with Gasteiger partial charge in [0.05, 0.1) is 46.4 Å². The van der Waals surface area contributed by atoms with E-state index in [0.717, 1.165) is 5.56 Å². The molecule has 3 aromatic rings. The third-order valence-electron chi connectivity index (χ3n) is 5.59. The Bertz CT molecular complexity index is 1060. The van der Waals surface area contributed by atoms with Crippen LogP contribution in [0.4, 0.5) is 5.82 Å².